The van der Waals surface area contributed by atoms with Crippen molar-refractivity contribution >= 4 is 0 Å². The molecule has 1 aliphatic carbocycles. The molecule has 1 saturated carbocycles. The number of hydrogen-bond acceptors (Lipinski definition) is 3. The van der Waals surface area contributed by atoms with Crippen LogP contribution in [0.4, 0.5) is 0 Å². The molecule has 0 bridgehead atoms. The average Bonchev–Trinajstić information content (AvgIpc) is 2.99. The SMILES string of the molecule is CCNC(C)(CO)CN(CC(C)C)C1CC1. The predicted octanol–water partition coefficient (Wildman–Crippen LogP) is 1.47. The van der Waals surface area contributed by atoms with Gasteiger partial charge in [0.25, 0.3) is 0 Å². The first-order valence-electron chi connectivity index (χ1n) is 6.60. The molecular weight excluding hydrogens is 200 g/mol. The largest absolute Gasteiger partial charge is 0.394 e. The Morgan fingerprint density at radius 2 is 2.06 bits per heavy atom. The van der Waals surface area contributed by atoms with Gasteiger partial charge >= 0.3 is 0 Å². The van der Waals surface area contributed by atoms with E-state index in [-0.39, 0.29) is 12.1 Å². The molecule has 1 rings (SSSR count). The Morgan fingerprint density at radius 3 is 2.44 bits per heavy atom. The summed E-state index contributed by atoms with van der Waals surface area (Å²) in [6.45, 7) is 12.0. The molecule has 0 amide bonds. The van der Waals surface area contributed by atoms with Crippen LogP contribution in [0.25, 0.3) is 0 Å². The minimum Gasteiger partial charge on any atom is -0.394 e. The molecule has 1 atom stereocenters. The maximum atomic E-state index is 9.51. The van der Waals surface area contributed by atoms with Crippen molar-refractivity contribution in [3.8, 4) is 0 Å². The van der Waals surface area contributed by atoms with Gasteiger partial charge in [-0.3, -0.25) is 4.90 Å². The first-order valence-corrected chi connectivity index (χ1v) is 6.60. The van der Waals surface area contributed by atoms with Gasteiger partial charge in [-0.1, -0.05) is 20.8 Å². The van der Waals surface area contributed by atoms with Crippen molar-refractivity contribution in [3.05, 3.63) is 0 Å². The summed E-state index contributed by atoms with van der Waals surface area (Å²) in [7, 11) is 0. The molecule has 3 nitrogen and oxygen atoms in total. The Bertz CT molecular complexity index is 204. The number of hydrogen-bond donors (Lipinski definition) is 2. The Balaban J connectivity index is 2.51. The van der Waals surface area contributed by atoms with Gasteiger partial charge in [0, 0.05) is 19.1 Å². The molecule has 1 aliphatic rings. The van der Waals surface area contributed by atoms with E-state index in [4.69, 9.17) is 0 Å². The van der Waals surface area contributed by atoms with Crippen LogP contribution in [0.3, 0.4) is 0 Å². The van der Waals surface area contributed by atoms with Crippen LogP contribution in [0.5, 0.6) is 0 Å². The van der Waals surface area contributed by atoms with Gasteiger partial charge in [-0.15, -0.1) is 0 Å². The highest BCUT2D eigenvalue weighted by Crippen LogP contribution is 2.28. The zero-order valence-corrected chi connectivity index (χ0v) is 11.3. The number of likely N-dealkylation sites (N-methyl/N-ethyl adjacent to an activating group) is 1. The van der Waals surface area contributed by atoms with Crippen LogP contribution >= 0.6 is 0 Å². The summed E-state index contributed by atoms with van der Waals surface area (Å²) in [5, 5.41) is 12.9. The molecule has 0 saturated heterocycles. The van der Waals surface area contributed by atoms with E-state index in [1.165, 1.54) is 12.8 Å². The lowest BCUT2D eigenvalue weighted by atomic mass is 10.0. The zero-order valence-electron chi connectivity index (χ0n) is 11.3. The monoisotopic (exact) mass is 228 g/mol. The summed E-state index contributed by atoms with van der Waals surface area (Å²) in [6.07, 6.45) is 2.67. The second kappa shape index (κ2) is 5.99. The maximum absolute atomic E-state index is 9.51. The van der Waals surface area contributed by atoms with Crippen LogP contribution in [-0.2, 0) is 0 Å². The highest BCUT2D eigenvalue weighted by Gasteiger charge is 2.34. The van der Waals surface area contributed by atoms with Crippen LogP contribution in [0.1, 0.15) is 40.5 Å². The van der Waals surface area contributed by atoms with Crippen molar-refractivity contribution in [3.63, 3.8) is 0 Å². The third kappa shape index (κ3) is 4.40. The molecule has 0 spiro atoms. The molecule has 0 heterocycles. The van der Waals surface area contributed by atoms with Crippen molar-refractivity contribution in [1.29, 1.82) is 0 Å². The van der Waals surface area contributed by atoms with Crippen LogP contribution < -0.4 is 5.32 Å². The van der Waals surface area contributed by atoms with Gasteiger partial charge in [0.2, 0.25) is 0 Å². The quantitative estimate of drug-likeness (QED) is 0.660. The molecule has 0 aromatic rings. The van der Waals surface area contributed by atoms with Crippen LogP contribution in [0.15, 0.2) is 0 Å². The summed E-state index contributed by atoms with van der Waals surface area (Å²) >= 11 is 0. The number of nitrogens with zero attached hydrogens (tertiary/aromatic N) is 1. The van der Waals surface area contributed by atoms with Crippen LogP contribution in [0.2, 0.25) is 0 Å². The average molecular weight is 228 g/mol. The highest BCUT2D eigenvalue weighted by molar-refractivity contribution is 4.92. The van der Waals surface area contributed by atoms with E-state index in [1.54, 1.807) is 0 Å². The smallest absolute Gasteiger partial charge is 0.0623 e. The summed E-state index contributed by atoms with van der Waals surface area (Å²) in [4.78, 5) is 2.55. The first-order chi connectivity index (χ1) is 7.50. The lowest BCUT2D eigenvalue weighted by molar-refractivity contribution is 0.110. The Morgan fingerprint density at radius 1 is 1.44 bits per heavy atom. The second-order valence-corrected chi connectivity index (χ2v) is 5.80. The van der Waals surface area contributed by atoms with Gasteiger partial charge in [0.15, 0.2) is 0 Å². The fraction of sp³-hybridized carbons (Fsp3) is 1.00. The minimum atomic E-state index is -0.147. The van der Waals surface area contributed by atoms with Crippen molar-refractivity contribution in [1.82, 2.24) is 10.2 Å². The van der Waals surface area contributed by atoms with Crippen molar-refractivity contribution in [2.75, 3.05) is 26.2 Å². The lowest BCUT2D eigenvalue weighted by Gasteiger charge is -2.36. The van der Waals surface area contributed by atoms with Gasteiger partial charge < -0.3 is 10.4 Å². The maximum Gasteiger partial charge on any atom is 0.0623 e. The number of rotatable bonds is 8. The van der Waals surface area contributed by atoms with E-state index >= 15 is 0 Å². The van der Waals surface area contributed by atoms with Crippen molar-refractivity contribution < 1.29 is 5.11 Å². The molecule has 0 radical (unpaired) electrons. The van der Waals surface area contributed by atoms with Crippen molar-refractivity contribution in [2.45, 2.75) is 52.1 Å². The second-order valence-electron chi connectivity index (χ2n) is 5.80. The minimum absolute atomic E-state index is 0.147. The van der Waals surface area contributed by atoms with E-state index in [9.17, 15) is 5.11 Å². The standard InChI is InChI=1S/C13H28N2O/c1-5-14-13(4,10-16)9-15(8-11(2)3)12-6-7-12/h11-12,14,16H,5-10H2,1-4H3. The van der Waals surface area contributed by atoms with Gasteiger partial charge in [-0.2, -0.15) is 0 Å². The molecule has 2 N–H and O–H groups in total. The summed E-state index contributed by atoms with van der Waals surface area (Å²) in [5.74, 6) is 0.699. The highest BCUT2D eigenvalue weighted by atomic mass is 16.3. The Hall–Kier alpha value is -0.120. The topological polar surface area (TPSA) is 35.5 Å². The molecule has 96 valence electrons. The third-order valence-corrected chi connectivity index (χ3v) is 3.17. The zero-order chi connectivity index (χ0) is 12.2. The van der Waals surface area contributed by atoms with Gasteiger partial charge in [0.1, 0.15) is 0 Å². The van der Waals surface area contributed by atoms with E-state index < -0.39 is 0 Å². The summed E-state index contributed by atoms with van der Waals surface area (Å²) in [6, 6.07) is 0.770. The molecule has 0 aliphatic heterocycles. The van der Waals surface area contributed by atoms with E-state index in [0.717, 1.165) is 25.7 Å². The van der Waals surface area contributed by atoms with Crippen LogP contribution in [0, 0.1) is 5.92 Å². The molecule has 16 heavy (non-hydrogen) atoms. The predicted molar refractivity (Wildman–Crippen MR) is 68.6 cm³/mol. The molecular formula is C13H28N2O. The summed E-state index contributed by atoms with van der Waals surface area (Å²) < 4.78 is 0. The molecule has 1 unspecified atom stereocenters. The number of aliphatic hydroxyl groups is 1. The fourth-order valence-electron chi connectivity index (χ4n) is 2.29. The molecule has 0 aromatic carbocycles. The van der Waals surface area contributed by atoms with Crippen LogP contribution in [-0.4, -0.2) is 47.8 Å². The van der Waals surface area contributed by atoms with Crippen molar-refractivity contribution in [2.24, 2.45) is 5.92 Å². The Kier molecular flexibility index (Phi) is 5.22. The van der Waals surface area contributed by atoms with Gasteiger partial charge in [0.05, 0.1) is 12.1 Å². The fourth-order valence-corrected chi connectivity index (χ4v) is 2.29. The molecule has 3 heteroatoms. The van der Waals surface area contributed by atoms with E-state index in [2.05, 4.69) is 37.9 Å². The third-order valence-electron chi connectivity index (χ3n) is 3.17. The first kappa shape index (κ1) is 13.9. The lowest BCUT2D eigenvalue weighted by Crippen LogP contribution is -2.55. The van der Waals surface area contributed by atoms with E-state index in [0.29, 0.717) is 5.92 Å². The Labute approximate surface area is 100 Å². The molecule has 0 aromatic heterocycles. The van der Waals surface area contributed by atoms with Gasteiger partial charge in [-0.25, -0.2) is 0 Å². The van der Waals surface area contributed by atoms with Gasteiger partial charge in [-0.05, 0) is 32.2 Å². The number of nitrogens with one attached hydrogen (secondary N) is 1. The summed E-state index contributed by atoms with van der Waals surface area (Å²) in [5.41, 5.74) is -0.147. The normalized spacial score (nSPS) is 20.4. The van der Waals surface area contributed by atoms with E-state index in [1.807, 2.05) is 0 Å². The number of aliphatic hydroxyl groups excluding tert-OH is 1. The molecule has 1 fully saturated rings.